The summed E-state index contributed by atoms with van der Waals surface area (Å²) in [5, 5.41) is 14.1. The van der Waals surface area contributed by atoms with Crippen LogP contribution in [-0.2, 0) is 14.4 Å². The highest BCUT2D eigenvalue weighted by Crippen LogP contribution is 2.53. The number of anilines is 2. The van der Waals surface area contributed by atoms with E-state index < -0.39 is 39.7 Å². The molecule has 3 heterocycles. The van der Waals surface area contributed by atoms with Crippen LogP contribution in [0.15, 0.2) is 76.6 Å². The number of aromatic nitrogens is 1. The van der Waals surface area contributed by atoms with Gasteiger partial charge in [-0.25, -0.2) is 4.90 Å². The van der Waals surface area contributed by atoms with Gasteiger partial charge in [0, 0.05) is 28.6 Å². The minimum Gasteiger partial charge on any atom is -0.484 e. The second-order valence-electron chi connectivity index (χ2n) is 9.57. The third-order valence-electron chi connectivity index (χ3n) is 6.93. The maximum Gasteiger partial charge on any atom is 0.305 e. The molecule has 0 saturated carbocycles. The number of rotatable bonds is 7. The van der Waals surface area contributed by atoms with E-state index in [-0.39, 0.29) is 27.9 Å². The number of carbonyl (C=O) groups is 3. The lowest BCUT2D eigenvalue weighted by atomic mass is 9.83. The monoisotopic (exact) mass is 656 g/mol. The minimum absolute atomic E-state index is 0.172. The summed E-state index contributed by atoms with van der Waals surface area (Å²) in [5.41, 5.74) is 1.10. The van der Waals surface area contributed by atoms with E-state index in [1.165, 1.54) is 30.3 Å². The number of ether oxygens (including phenoxy) is 1. The number of hydrogen-bond donors (Lipinski definition) is 2. The summed E-state index contributed by atoms with van der Waals surface area (Å²) in [4.78, 5) is 66.9. The van der Waals surface area contributed by atoms with Crippen LogP contribution >= 0.6 is 46.3 Å². The Morgan fingerprint density at radius 2 is 1.79 bits per heavy atom. The van der Waals surface area contributed by atoms with E-state index in [0.717, 1.165) is 28.0 Å². The summed E-state index contributed by atoms with van der Waals surface area (Å²) in [7, 11) is 0. The Kier molecular flexibility index (Phi) is 7.73. The van der Waals surface area contributed by atoms with Crippen molar-refractivity contribution in [3.05, 3.63) is 107 Å². The van der Waals surface area contributed by atoms with Crippen molar-refractivity contribution in [2.75, 3.05) is 16.8 Å². The van der Waals surface area contributed by atoms with Gasteiger partial charge in [0.05, 0.1) is 31.6 Å². The number of halogens is 2. The number of H-pyrrole nitrogens is 1. The third-order valence-corrected chi connectivity index (χ3v) is 10.1. The summed E-state index contributed by atoms with van der Waals surface area (Å²) >= 11 is 14.0. The first-order chi connectivity index (χ1) is 20.6. The SMILES string of the molecule is O=C(COc1cccc(C2c3sc(=O)[nH]c3SC3C(=O)N(c4ccc([N+](=O)[O-])cc4)C(=O)C32)c1)Nc1ccc(Cl)c(Cl)c1. The van der Waals surface area contributed by atoms with Crippen LogP contribution in [0.2, 0.25) is 10.0 Å². The van der Waals surface area contributed by atoms with Crippen LogP contribution in [0.4, 0.5) is 17.1 Å². The molecule has 0 bridgehead atoms. The maximum absolute atomic E-state index is 13.9. The van der Waals surface area contributed by atoms with E-state index >= 15 is 0 Å². The van der Waals surface area contributed by atoms with Gasteiger partial charge in [-0.1, -0.05) is 58.4 Å². The molecule has 4 aromatic rings. The average molecular weight is 658 g/mol. The molecule has 1 saturated heterocycles. The number of thioether (sulfide) groups is 1. The Morgan fingerprint density at radius 1 is 1.02 bits per heavy atom. The standard InChI is InChI=1S/C28H18Cl2N4O7S2/c29-18-9-4-14(11-19(18)30)31-20(35)12-41-17-3-1-2-13(10-17)21-22-24(42-25-23(21)43-28(38)32-25)27(37)33(26(22)36)15-5-7-16(8-6-15)34(39)40/h1-11,21-22,24H,12H2,(H,31,35)(H,32,38). The van der Waals surface area contributed by atoms with Gasteiger partial charge in [-0.05, 0) is 48.0 Å². The number of nitro groups is 1. The molecule has 0 aliphatic carbocycles. The first kappa shape index (κ1) is 28.9. The lowest BCUT2D eigenvalue weighted by molar-refractivity contribution is -0.384. The highest BCUT2D eigenvalue weighted by Gasteiger charge is 2.56. The van der Waals surface area contributed by atoms with Gasteiger partial charge in [0.15, 0.2) is 6.61 Å². The molecule has 0 spiro atoms. The Hall–Kier alpha value is -4.17. The summed E-state index contributed by atoms with van der Waals surface area (Å²) < 4.78 is 5.74. The summed E-state index contributed by atoms with van der Waals surface area (Å²) in [6, 6.07) is 16.6. The molecule has 2 aliphatic rings. The second kappa shape index (κ2) is 11.5. The molecule has 1 aromatic heterocycles. The van der Waals surface area contributed by atoms with Crippen molar-refractivity contribution in [3.63, 3.8) is 0 Å². The Labute approximate surface area is 260 Å². The third kappa shape index (κ3) is 5.52. The molecule has 11 nitrogen and oxygen atoms in total. The zero-order valence-electron chi connectivity index (χ0n) is 21.6. The largest absolute Gasteiger partial charge is 0.484 e. The fourth-order valence-electron chi connectivity index (χ4n) is 5.07. The first-order valence-corrected chi connectivity index (χ1v) is 15.1. The Balaban J connectivity index is 1.27. The lowest BCUT2D eigenvalue weighted by Gasteiger charge is -2.30. The van der Waals surface area contributed by atoms with Crippen LogP contribution in [0.25, 0.3) is 0 Å². The number of aromatic amines is 1. The van der Waals surface area contributed by atoms with E-state index in [4.69, 9.17) is 27.9 Å². The normalized spacial score (nSPS) is 19.1. The zero-order chi connectivity index (χ0) is 30.4. The molecule has 6 rings (SSSR count). The Morgan fingerprint density at radius 3 is 2.51 bits per heavy atom. The molecule has 0 radical (unpaired) electrons. The predicted molar refractivity (Wildman–Crippen MR) is 163 cm³/mol. The van der Waals surface area contributed by atoms with Crippen molar-refractivity contribution in [2.24, 2.45) is 5.92 Å². The molecule has 218 valence electrons. The van der Waals surface area contributed by atoms with Crippen molar-refractivity contribution in [1.82, 2.24) is 4.98 Å². The van der Waals surface area contributed by atoms with Gasteiger partial charge in [0.25, 0.3) is 11.6 Å². The number of amides is 3. The highest BCUT2D eigenvalue weighted by atomic mass is 35.5. The van der Waals surface area contributed by atoms with Gasteiger partial charge >= 0.3 is 4.87 Å². The van der Waals surface area contributed by atoms with Crippen LogP contribution in [0.1, 0.15) is 16.4 Å². The number of benzene rings is 3. The summed E-state index contributed by atoms with van der Waals surface area (Å²) in [6.45, 7) is -0.329. The van der Waals surface area contributed by atoms with Crippen molar-refractivity contribution in [3.8, 4) is 5.75 Å². The van der Waals surface area contributed by atoms with E-state index in [2.05, 4.69) is 10.3 Å². The molecule has 3 unspecified atom stereocenters. The van der Waals surface area contributed by atoms with Crippen molar-refractivity contribution in [2.45, 2.75) is 16.2 Å². The maximum atomic E-state index is 13.9. The van der Waals surface area contributed by atoms with E-state index in [1.807, 2.05) is 0 Å². The molecular weight excluding hydrogens is 639 g/mol. The molecule has 3 aromatic carbocycles. The van der Waals surface area contributed by atoms with Crippen LogP contribution in [-0.4, -0.2) is 39.5 Å². The van der Waals surface area contributed by atoms with Crippen LogP contribution in [0, 0.1) is 16.0 Å². The number of nitrogens with zero attached hydrogens (tertiary/aromatic N) is 2. The molecule has 43 heavy (non-hydrogen) atoms. The first-order valence-electron chi connectivity index (χ1n) is 12.6. The van der Waals surface area contributed by atoms with E-state index in [9.17, 15) is 29.3 Å². The number of nitrogens with one attached hydrogen (secondary N) is 2. The van der Waals surface area contributed by atoms with Gasteiger partial charge in [0.1, 0.15) is 11.0 Å². The number of fused-ring (bicyclic) bond motifs is 2. The molecule has 3 amide bonds. The number of non-ortho nitro benzene ring substituents is 1. The fourth-order valence-corrected chi connectivity index (χ4v) is 7.88. The van der Waals surface area contributed by atoms with Gasteiger partial charge in [0.2, 0.25) is 11.8 Å². The summed E-state index contributed by atoms with van der Waals surface area (Å²) in [5.74, 6) is -2.61. The number of carbonyl (C=O) groups excluding carboxylic acids is 3. The van der Waals surface area contributed by atoms with E-state index in [0.29, 0.717) is 31.9 Å². The van der Waals surface area contributed by atoms with Gasteiger partial charge in [-0.2, -0.15) is 0 Å². The molecule has 3 atom stereocenters. The second-order valence-corrected chi connectivity index (χ2v) is 12.6. The molecule has 2 N–H and O–H groups in total. The van der Waals surface area contributed by atoms with Crippen LogP contribution < -0.4 is 19.8 Å². The van der Waals surface area contributed by atoms with Crippen molar-refractivity contribution >= 4 is 81.1 Å². The molecule has 15 heteroatoms. The average Bonchev–Trinajstić information content (AvgIpc) is 3.48. The smallest absolute Gasteiger partial charge is 0.305 e. The highest BCUT2D eigenvalue weighted by molar-refractivity contribution is 8.00. The zero-order valence-corrected chi connectivity index (χ0v) is 24.8. The fraction of sp³-hybridized carbons (Fsp3) is 0.143. The lowest BCUT2D eigenvalue weighted by Crippen LogP contribution is -2.32. The van der Waals surface area contributed by atoms with Crippen molar-refractivity contribution in [1.29, 1.82) is 0 Å². The van der Waals surface area contributed by atoms with Gasteiger partial charge < -0.3 is 15.0 Å². The van der Waals surface area contributed by atoms with Gasteiger partial charge in [-0.15, -0.1) is 0 Å². The topological polar surface area (TPSA) is 152 Å². The number of hydrogen-bond acceptors (Lipinski definition) is 9. The van der Waals surface area contributed by atoms with Crippen LogP contribution in [0.3, 0.4) is 0 Å². The molecular formula is C28H18Cl2N4O7S2. The quantitative estimate of drug-likeness (QED) is 0.151. The summed E-state index contributed by atoms with van der Waals surface area (Å²) in [6.07, 6.45) is 0. The number of imide groups is 1. The van der Waals surface area contributed by atoms with Crippen molar-refractivity contribution < 1.29 is 24.0 Å². The molecule has 1 fully saturated rings. The molecule has 2 aliphatic heterocycles. The van der Waals surface area contributed by atoms with Crippen LogP contribution in [0.5, 0.6) is 5.75 Å². The number of thiazole rings is 1. The predicted octanol–water partition coefficient (Wildman–Crippen LogP) is 5.46. The minimum atomic E-state index is -0.861. The Bertz CT molecular complexity index is 1860. The number of nitro benzene ring substituents is 1. The van der Waals surface area contributed by atoms with E-state index in [1.54, 1.807) is 36.4 Å². The van der Waals surface area contributed by atoms with Gasteiger partial charge in [-0.3, -0.25) is 29.3 Å².